The highest BCUT2D eigenvalue weighted by Crippen LogP contribution is 2.43. The molecule has 0 saturated heterocycles. The van der Waals surface area contributed by atoms with Gasteiger partial charge in [0.25, 0.3) is 0 Å². The Bertz CT molecular complexity index is 318. The SMILES string of the molecule is CCCCNC(=O)CNC1(CO)CC(C)CC(C)(C)C1. The molecule has 1 aliphatic carbocycles. The van der Waals surface area contributed by atoms with Gasteiger partial charge in [-0.2, -0.15) is 0 Å². The van der Waals surface area contributed by atoms with E-state index in [-0.39, 0.29) is 23.5 Å². The molecular weight excluding hydrogens is 252 g/mol. The molecule has 3 N–H and O–H groups in total. The van der Waals surface area contributed by atoms with Crippen LogP contribution in [0, 0.1) is 11.3 Å². The lowest BCUT2D eigenvalue weighted by Crippen LogP contribution is -2.57. The molecular formula is C16H32N2O2. The van der Waals surface area contributed by atoms with E-state index >= 15 is 0 Å². The van der Waals surface area contributed by atoms with Gasteiger partial charge < -0.3 is 15.7 Å². The van der Waals surface area contributed by atoms with E-state index in [1.165, 1.54) is 6.42 Å². The first-order chi connectivity index (χ1) is 9.32. The van der Waals surface area contributed by atoms with Gasteiger partial charge in [-0.05, 0) is 37.0 Å². The van der Waals surface area contributed by atoms with Crippen LogP contribution in [-0.4, -0.2) is 36.2 Å². The number of amides is 1. The minimum absolute atomic E-state index is 0.0299. The summed E-state index contributed by atoms with van der Waals surface area (Å²) in [5.74, 6) is 0.601. The Morgan fingerprint density at radius 3 is 2.60 bits per heavy atom. The molecule has 1 aliphatic rings. The first-order valence-corrected chi connectivity index (χ1v) is 7.95. The number of hydrogen-bond acceptors (Lipinski definition) is 3. The van der Waals surface area contributed by atoms with Crippen molar-refractivity contribution in [3.63, 3.8) is 0 Å². The van der Waals surface area contributed by atoms with E-state index < -0.39 is 0 Å². The fourth-order valence-corrected chi connectivity index (χ4v) is 3.79. The van der Waals surface area contributed by atoms with Crippen LogP contribution in [0.1, 0.15) is 59.8 Å². The van der Waals surface area contributed by atoms with Gasteiger partial charge in [0.05, 0.1) is 13.2 Å². The van der Waals surface area contributed by atoms with Crippen LogP contribution < -0.4 is 10.6 Å². The largest absolute Gasteiger partial charge is 0.394 e. The van der Waals surface area contributed by atoms with Crippen LogP contribution in [0.4, 0.5) is 0 Å². The molecule has 118 valence electrons. The van der Waals surface area contributed by atoms with Gasteiger partial charge >= 0.3 is 0 Å². The Balaban J connectivity index is 2.51. The monoisotopic (exact) mass is 284 g/mol. The van der Waals surface area contributed by atoms with Gasteiger partial charge in [0, 0.05) is 12.1 Å². The van der Waals surface area contributed by atoms with E-state index in [0.717, 1.165) is 32.2 Å². The van der Waals surface area contributed by atoms with E-state index in [9.17, 15) is 9.90 Å². The molecule has 1 rings (SSSR count). The molecule has 1 amide bonds. The highest BCUT2D eigenvalue weighted by atomic mass is 16.3. The lowest BCUT2D eigenvalue weighted by atomic mass is 9.64. The number of carbonyl (C=O) groups is 1. The van der Waals surface area contributed by atoms with E-state index in [0.29, 0.717) is 12.5 Å². The summed E-state index contributed by atoms with van der Waals surface area (Å²) in [6.45, 7) is 9.97. The maximum absolute atomic E-state index is 11.8. The van der Waals surface area contributed by atoms with Crippen LogP contribution in [0.5, 0.6) is 0 Å². The predicted molar refractivity (Wildman–Crippen MR) is 82.5 cm³/mol. The Morgan fingerprint density at radius 1 is 1.35 bits per heavy atom. The summed E-state index contributed by atoms with van der Waals surface area (Å²) in [5, 5.41) is 16.1. The molecule has 0 bridgehead atoms. The van der Waals surface area contributed by atoms with Crippen LogP contribution in [0.15, 0.2) is 0 Å². The fourth-order valence-electron chi connectivity index (χ4n) is 3.79. The van der Waals surface area contributed by atoms with Crippen molar-refractivity contribution >= 4 is 5.91 Å². The molecule has 0 radical (unpaired) electrons. The van der Waals surface area contributed by atoms with Crippen molar-refractivity contribution in [1.29, 1.82) is 0 Å². The van der Waals surface area contributed by atoms with Crippen molar-refractivity contribution < 1.29 is 9.90 Å². The summed E-state index contributed by atoms with van der Waals surface area (Å²) >= 11 is 0. The molecule has 0 heterocycles. The fraction of sp³-hybridized carbons (Fsp3) is 0.938. The van der Waals surface area contributed by atoms with Gasteiger partial charge in [-0.1, -0.05) is 34.1 Å². The van der Waals surface area contributed by atoms with E-state index in [4.69, 9.17) is 0 Å². The number of carbonyl (C=O) groups excluding carboxylic acids is 1. The smallest absolute Gasteiger partial charge is 0.233 e. The predicted octanol–water partition coefficient (Wildman–Crippen LogP) is 2.07. The van der Waals surface area contributed by atoms with E-state index in [1.54, 1.807) is 0 Å². The molecule has 0 aromatic carbocycles. The highest BCUT2D eigenvalue weighted by Gasteiger charge is 2.42. The molecule has 2 atom stereocenters. The number of hydrogen-bond donors (Lipinski definition) is 3. The Labute approximate surface area is 123 Å². The third kappa shape index (κ3) is 5.41. The van der Waals surface area contributed by atoms with Crippen LogP contribution >= 0.6 is 0 Å². The summed E-state index contributed by atoms with van der Waals surface area (Å²) < 4.78 is 0. The normalized spacial score (nSPS) is 29.1. The minimum atomic E-state index is -0.302. The quantitative estimate of drug-likeness (QED) is 0.627. The van der Waals surface area contributed by atoms with Crippen molar-refractivity contribution in [2.45, 2.75) is 65.3 Å². The zero-order valence-corrected chi connectivity index (χ0v) is 13.6. The number of aliphatic hydroxyl groups excluding tert-OH is 1. The molecule has 20 heavy (non-hydrogen) atoms. The van der Waals surface area contributed by atoms with Gasteiger partial charge in [-0.15, -0.1) is 0 Å². The van der Waals surface area contributed by atoms with Crippen molar-refractivity contribution in [3.8, 4) is 0 Å². The Morgan fingerprint density at radius 2 is 2.05 bits per heavy atom. The van der Waals surface area contributed by atoms with Crippen molar-refractivity contribution in [3.05, 3.63) is 0 Å². The van der Waals surface area contributed by atoms with Crippen LogP contribution in [0.2, 0.25) is 0 Å². The van der Waals surface area contributed by atoms with Crippen molar-refractivity contribution in [2.24, 2.45) is 11.3 Å². The van der Waals surface area contributed by atoms with Crippen LogP contribution in [0.3, 0.4) is 0 Å². The van der Waals surface area contributed by atoms with Crippen molar-refractivity contribution in [2.75, 3.05) is 19.7 Å². The average molecular weight is 284 g/mol. The highest BCUT2D eigenvalue weighted by molar-refractivity contribution is 5.78. The lowest BCUT2D eigenvalue weighted by Gasteiger charge is -2.47. The maximum Gasteiger partial charge on any atom is 0.233 e. The lowest BCUT2D eigenvalue weighted by molar-refractivity contribution is -0.121. The van der Waals surface area contributed by atoms with E-state index in [2.05, 4.69) is 38.3 Å². The molecule has 0 spiro atoms. The second kappa shape index (κ2) is 7.41. The molecule has 4 nitrogen and oxygen atoms in total. The number of aliphatic hydroxyl groups is 1. The van der Waals surface area contributed by atoms with Crippen molar-refractivity contribution in [1.82, 2.24) is 10.6 Å². The maximum atomic E-state index is 11.8. The average Bonchev–Trinajstić information content (AvgIpc) is 2.34. The summed E-state index contributed by atoms with van der Waals surface area (Å²) in [5.41, 5.74) is -0.0879. The van der Waals surface area contributed by atoms with Gasteiger partial charge in [0.15, 0.2) is 0 Å². The van der Waals surface area contributed by atoms with Crippen LogP contribution in [-0.2, 0) is 4.79 Å². The van der Waals surface area contributed by atoms with Crippen LogP contribution in [0.25, 0.3) is 0 Å². The Kier molecular flexibility index (Phi) is 6.46. The molecule has 0 aliphatic heterocycles. The minimum Gasteiger partial charge on any atom is -0.394 e. The molecule has 0 aromatic heterocycles. The zero-order chi connectivity index (χ0) is 15.2. The van der Waals surface area contributed by atoms with Gasteiger partial charge in [0.1, 0.15) is 0 Å². The number of unbranched alkanes of at least 4 members (excludes halogenated alkanes) is 1. The molecule has 2 unspecified atom stereocenters. The molecule has 1 saturated carbocycles. The third-order valence-corrected chi connectivity index (χ3v) is 4.24. The second-order valence-electron chi connectivity index (χ2n) is 7.35. The van der Waals surface area contributed by atoms with Gasteiger partial charge in [0.2, 0.25) is 5.91 Å². The molecule has 0 aromatic rings. The molecule has 1 fully saturated rings. The topological polar surface area (TPSA) is 61.4 Å². The summed E-state index contributed by atoms with van der Waals surface area (Å²) in [7, 11) is 0. The first-order valence-electron chi connectivity index (χ1n) is 7.95. The third-order valence-electron chi connectivity index (χ3n) is 4.24. The molecule has 4 heteroatoms. The number of rotatable bonds is 7. The summed E-state index contributed by atoms with van der Waals surface area (Å²) in [6, 6.07) is 0. The number of nitrogens with one attached hydrogen (secondary N) is 2. The second-order valence-corrected chi connectivity index (χ2v) is 7.35. The van der Waals surface area contributed by atoms with Gasteiger partial charge in [-0.3, -0.25) is 4.79 Å². The summed E-state index contributed by atoms with van der Waals surface area (Å²) in [4.78, 5) is 11.8. The first kappa shape index (κ1) is 17.4. The van der Waals surface area contributed by atoms with Gasteiger partial charge in [-0.25, -0.2) is 0 Å². The van der Waals surface area contributed by atoms with E-state index in [1.807, 2.05) is 0 Å². The zero-order valence-electron chi connectivity index (χ0n) is 13.6. The Hall–Kier alpha value is -0.610. The standard InChI is InChI=1S/C16H32N2O2/c1-5-6-7-17-14(20)10-18-16(12-19)9-13(2)8-15(3,4)11-16/h13,18-19H,5-12H2,1-4H3,(H,17,20). The summed E-state index contributed by atoms with van der Waals surface area (Å²) in [6.07, 6.45) is 5.14.